The molecule has 0 heterocycles. The van der Waals surface area contributed by atoms with Crippen LogP contribution in [-0.4, -0.2) is 16.2 Å². The van der Waals surface area contributed by atoms with Gasteiger partial charge in [0.15, 0.2) is 0 Å². The molecule has 19 heavy (non-hydrogen) atoms. The van der Waals surface area contributed by atoms with Gasteiger partial charge >= 0.3 is 5.97 Å². The highest BCUT2D eigenvalue weighted by Crippen LogP contribution is 2.28. The second kappa shape index (κ2) is 5.73. The van der Waals surface area contributed by atoms with Gasteiger partial charge in [0, 0.05) is 11.1 Å². The Labute approximate surface area is 114 Å². The third-order valence-corrected chi connectivity index (χ3v) is 2.74. The molecule has 4 nitrogen and oxygen atoms in total. The lowest BCUT2D eigenvalue weighted by atomic mass is 10.2. The average Bonchev–Trinajstić information content (AvgIpc) is 2.39. The van der Waals surface area contributed by atoms with Crippen molar-refractivity contribution in [2.75, 3.05) is 0 Å². The number of aromatic carboxylic acids is 1. The highest BCUT2D eigenvalue weighted by Gasteiger charge is 2.12. The van der Waals surface area contributed by atoms with E-state index in [1.807, 2.05) is 0 Å². The minimum Gasteiger partial charge on any atom is -0.478 e. The molecule has 0 aliphatic heterocycles. The summed E-state index contributed by atoms with van der Waals surface area (Å²) in [5.74, 6) is -0.433. The third kappa shape index (κ3) is 3.24. The normalized spacial score (nSPS) is 10.2. The Morgan fingerprint density at radius 3 is 2.42 bits per heavy atom. The zero-order chi connectivity index (χ0) is 13.8. The number of ether oxygens (including phenoxy) is 1. The van der Waals surface area contributed by atoms with Crippen LogP contribution in [-0.2, 0) is 6.61 Å². The number of carboxylic acid groups (broad SMARTS) is 1. The lowest BCUT2D eigenvalue weighted by Gasteiger charge is -2.09. The summed E-state index contributed by atoms with van der Waals surface area (Å²) in [5, 5.41) is 18.4. The zero-order valence-corrected chi connectivity index (χ0v) is 10.6. The van der Waals surface area contributed by atoms with Crippen molar-refractivity contribution in [3.8, 4) is 11.5 Å². The van der Waals surface area contributed by atoms with Crippen LogP contribution in [0, 0.1) is 0 Å². The molecule has 0 aromatic heterocycles. The highest BCUT2D eigenvalue weighted by atomic mass is 35.5. The number of aliphatic hydroxyl groups excluding tert-OH is 1. The first kappa shape index (κ1) is 13.4. The maximum atomic E-state index is 11.1. The number of aliphatic hydroxyl groups is 1. The second-order valence-electron chi connectivity index (χ2n) is 3.85. The summed E-state index contributed by atoms with van der Waals surface area (Å²) < 4.78 is 5.50. The monoisotopic (exact) mass is 278 g/mol. The Morgan fingerprint density at radius 2 is 1.84 bits per heavy atom. The van der Waals surface area contributed by atoms with E-state index in [2.05, 4.69) is 0 Å². The molecule has 2 aromatic rings. The van der Waals surface area contributed by atoms with Crippen molar-refractivity contribution in [1.82, 2.24) is 0 Å². The number of rotatable bonds is 4. The van der Waals surface area contributed by atoms with Gasteiger partial charge in [-0.1, -0.05) is 23.7 Å². The SMILES string of the molecule is O=C(O)c1ccc(Cl)cc1Oc1ccc(CO)cc1. The molecule has 2 aromatic carbocycles. The molecule has 0 bridgehead atoms. The van der Waals surface area contributed by atoms with Crippen LogP contribution in [0.2, 0.25) is 5.02 Å². The van der Waals surface area contributed by atoms with Crippen molar-refractivity contribution in [2.45, 2.75) is 6.61 Å². The number of carbonyl (C=O) groups is 1. The van der Waals surface area contributed by atoms with Gasteiger partial charge < -0.3 is 14.9 Å². The molecular weight excluding hydrogens is 268 g/mol. The van der Waals surface area contributed by atoms with Gasteiger partial charge in [-0.3, -0.25) is 0 Å². The van der Waals surface area contributed by atoms with Gasteiger partial charge in [0.2, 0.25) is 0 Å². The molecule has 0 spiro atoms. The van der Waals surface area contributed by atoms with Crippen LogP contribution in [0.1, 0.15) is 15.9 Å². The lowest BCUT2D eigenvalue weighted by molar-refractivity contribution is 0.0694. The van der Waals surface area contributed by atoms with Crippen molar-refractivity contribution in [1.29, 1.82) is 0 Å². The van der Waals surface area contributed by atoms with Crippen molar-refractivity contribution in [3.63, 3.8) is 0 Å². The summed E-state index contributed by atoms with van der Waals surface area (Å²) >= 11 is 5.83. The molecule has 2 rings (SSSR count). The first-order valence-electron chi connectivity index (χ1n) is 5.50. The van der Waals surface area contributed by atoms with E-state index in [1.54, 1.807) is 24.3 Å². The summed E-state index contributed by atoms with van der Waals surface area (Å²) in [7, 11) is 0. The fourth-order valence-electron chi connectivity index (χ4n) is 1.55. The average molecular weight is 279 g/mol. The van der Waals surface area contributed by atoms with E-state index in [-0.39, 0.29) is 17.9 Å². The summed E-state index contributed by atoms with van der Waals surface area (Å²) in [5.41, 5.74) is 0.785. The van der Waals surface area contributed by atoms with Gasteiger partial charge in [0.05, 0.1) is 6.61 Å². The molecule has 5 heteroatoms. The van der Waals surface area contributed by atoms with E-state index in [4.69, 9.17) is 26.6 Å². The van der Waals surface area contributed by atoms with E-state index < -0.39 is 5.97 Å². The van der Waals surface area contributed by atoms with Crippen LogP contribution >= 0.6 is 11.6 Å². The Bertz CT molecular complexity index is 593. The number of benzene rings is 2. The maximum absolute atomic E-state index is 11.1. The van der Waals surface area contributed by atoms with Crippen molar-refractivity contribution >= 4 is 17.6 Å². The first-order chi connectivity index (χ1) is 9.10. The molecule has 98 valence electrons. The Kier molecular flexibility index (Phi) is 4.04. The van der Waals surface area contributed by atoms with E-state index in [1.165, 1.54) is 18.2 Å². The fraction of sp³-hybridized carbons (Fsp3) is 0.0714. The number of hydrogen-bond donors (Lipinski definition) is 2. The van der Waals surface area contributed by atoms with Gasteiger partial charge in [-0.2, -0.15) is 0 Å². The molecule has 0 aliphatic rings. The summed E-state index contributed by atoms with van der Waals surface area (Å²) in [6.07, 6.45) is 0. The molecule has 0 radical (unpaired) electrons. The Morgan fingerprint density at radius 1 is 1.16 bits per heavy atom. The molecule has 0 unspecified atom stereocenters. The second-order valence-corrected chi connectivity index (χ2v) is 4.29. The van der Waals surface area contributed by atoms with Crippen LogP contribution in [0.15, 0.2) is 42.5 Å². The first-order valence-corrected chi connectivity index (χ1v) is 5.88. The standard InChI is InChI=1S/C14H11ClO4/c15-10-3-6-12(14(17)18)13(7-10)19-11-4-1-9(8-16)2-5-11/h1-7,16H,8H2,(H,17,18). The van der Waals surface area contributed by atoms with Gasteiger partial charge in [-0.05, 0) is 29.8 Å². The predicted octanol–water partition coefficient (Wildman–Crippen LogP) is 3.32. The molecular formula is C14H11ClO4. The molecule has 2 N–H and O–H groups in total. The largest absolute Gasteiger partial charge is 0.478 e. The van der Waals surface area contributed by atoms with E-state index in [0.717, 1.165) is 5.56 Å². The van der Waals surface area contributed by atoms with Gasteiger partial charge in [-0.25, -0.2) is 4.79 Å². The van der Waals surface area contributed by atoms with E-state index in [0.29, 0.717) is 10.8 Å². The van der Waals surface area contributed by atoms with Gasteiger partial charge in [0.25, 0.3) is 0 Å². The number of hydrogen-bond acceptors (Lipinski definition) is 3. The molecule has 0 saturated heterocycles. The van der Waals surface area contributed by atoms with E-state index in [9.17, 15) is 4.79 Å². The zero-order valence-electron chi connectivity index (χ0n) is 9.84. The lowest BCUT2D eigenvalue weighted by Crippen LogP contribution is -1.99. The summed E-state index contributed by atoms with van der Waals surface area (Å²) in [6.45, 7) is -0.0577. The Balaban J connectivity index is 2.31. The quantitative estimate of drug-likeness (QED) is 0.900. The smallest absolute Gasteiger partial charge is 0.339 e. The maximum Gasteiger partial charge on any atom is 0.339 e. The van der Waals surface area contributed by atoms with Crippen LogP contribution in [0.5, 0.6) is 11.5 Å². The van der Waals surface area contributed by atoms with Crippen molar-refractivity contribution in [2.24, 2.45) is 0 Å². The van der Waals surface area contributed by atoms with Crippen LogP contribution < -0.4 is 4.74 Å². The minimum absolute atomic E-state index is 0.0376. The molecule has 0 atom stereocenters. The van der Waals surface area contributed by atoms with Crippen LogP contribution in [0.25, 0.3) is 0 Å². The van der Waals surface area contributed by atoms with Gasteiger partial charge in [0.1, 0.15) is 17.1 Å². The van der Waals surface area contributed by atoms with Crippen LogP contribution in [0.4, 0.5) is 0 Å². The summed E-state index contributed by atoms with van der Waals surface area (Å²) in [6, 6.07) is 11.0. The fourth-order valence-corrected chi connectivity index (χ4v) is 1.71. The van der Waals surface area contributed by atoms with Crippen LogP contribution in [0.3, 0.4) is 0 Å². The minimum atomic E-state index is -1.08. The predicted molar refractivity (Wildman–Crippen MR) is 70.9 cm³/mol. The Hall–Kier alpha value is -2.04. The summed E-state index contributed by atoms with van der Waals surface area (Å²) in [4.78, 5) is 11.1. The number of carboxylic acids is 1. The molecule has 0 aliphatic carbocycles. The molecule has 0 fully saturated rings. The van der Waals surface area contributed by atoms with E-state index >= 15 is 0 Å². The third-order valence-electron chi connectivity index (χ3n) is 2.51. The number of halogens is 1. The molecule has 0 saturated carbocycles. The topological polar surface area (TPSA) is 66.8 Å². The molecule has 0 amide bonds. The highest BCUT2D eigenvalue weighted by molar-refractivity contribution is 6.30. The van der Waals surface area contributed by atoms with Gasteiger partial charge in [-0.15, -0.1) is 0 Å². The van der Waals surface area contributed by atoms with Crippen molar-refractivity contribution < 1.29 is 19.7 Å². The van der Waals surface area contributed by atoms with Crippen molar-refractivity contribution in [3.05, 3.63) is 58.6 Å².